The van der Waals surface area contributed by atoms with Crippen molar-refractivity contribution in [3.63, 3.8) is 0 Å². The van der Waals surface area contributed by atoms with Crippen molar-refractivity contribution in [2.45, 2.75) is 148 Å². The van der Waals surface area contributed by atoms with Gasteiger partial charge in [0, 0.05) is 0 Å². The molecule has 1 heteroatoms. The Morgan fingerprint density at radius 1 is 0.533 bits per heavy atom. The first kappa shape index (κ1) is 27.2. The van der Waals surface area contributed by atoms with Crippen LogP contribution in [-0.4, -0.2) is 5.11 Å². The molecule has 1 atom stereocenters. The Morgan fingerprint density at radius 3 is 1.23 bits per heavy atom. The number of hydrogen-bond acceptors (Lipinski definition) is 1. The van der Waals surface area contributed by atoms with Gasteiger partial charge in [-0.1, -0.05) is 159 Å². The van der Waals surface area contributed by atoms with Crippen LogP contribution < -0.4 is 0 Å². The van der Waals surface area contributed by atoms with Crippen LogP contribution in [0.4, 0.5) is 0 Å². The third-order valence-corrected chi connectivity index (χ3v) is 6.66. The molecular formula is C29H52O. The highest BCUT2D eigenvalue weighted by molar-refractivity contribution is 5.21. The van der Waals surface area contributed by atoms with E-state index < -0.39 is 5.60 Å². The van der Waals surface area contributed by atoms with Crippen molar-refractivity contribution < 1.29 is 5.11 Å². The second-order valence-corrected chi connectivity index (χ2v) is 9.75. The number of aliphatic hydroxyl groups is 1. The van der Waals surface area contributed by atoms with Gasteiger partial charge in [0.1, 0.15) is 0 Å². The van der Waals surface area contributed by atoms with E-state index in [2.05, 4.69) is 6.92 Å². The van der Waals surface area contributed by atoms with Gasteiger partial charge in [-0.3, -0.25) is 0 Å². The molecular weight excluding hydrogens is 364 g/mol. The zero-order valence-corrected chi connectivity index (χ0v) is 20.5. The third-order valence-electron chi connectivity index (χ3n) is 6.66. The van der Waals surface area contributed by atoms with Crippen molar-refractivity contribution in [1.29, 1.82) is 0 Å². The summed E-state index contributed by atoms with van der Waals surface area (Å²) in [5, 5.41) is 10.6. The van der Waals surface area contributed by atoms with Crippen molar-refractivity contribution in [1.82, 2.24) is 0 Å². The molecule has 1 aromatic rings. The molecule has 174 valence electrons. The molecule has 0 saturated heterocycles. The molecule has 0 aliphatic heterocycles. The summed E-state index contributed by atoms with van der Waals surface area (Å²) in [4.78, 5) is 0. The Bertz CT molecular complexity index is 465. The lowest BCUT2D eigenvalue weighted by molar-refractivity contribution is 0.0448. The van der Waals surface area contributed by atoms with E-state index in [1.807, 2.05) is 37.3 Å². The summed E-state index contributed by atoms with van der Waals surface area (Å²) >= 11 is 0. The second kappa shape index (κ2) is 18.9. The van der Waals surface area contributed by atoms with Crippen molar-refractivity contribution in [2.75, 3.05) is 0 Å². The van der Waals surface area contributed by atoms with Gasteiger partial charge in [-0.15, -0.1) is 0 Å². The zero-order chi connectivity index (χ0) is 21.8. The van der Waals surface area contributed by atoms with Gasteiger partial charge in [0.15, 0.2) is 0 Å². The summed E-state index contributed by atoms with van der Waals surface area (Å²) in [5.74, 6) is 0. The summed E-state index contributed by atoms with van der Waals surface area (Å²) in [6.45, 7) is 4.25. The molecule has 0 bridgehead atoms. The molecule has 0 amide bonds. The Hall–Kier alpha value is -0.820. The van der Waals surface area contributed by atoms with E-state index in [9.17, 15) is 5.11 Å². The molecule has 0 aromatic heterocycles. The van der Waals surface area contributed by atoms with Crippen LogP contribution in [0.5, 0.6) is 0 Å². The second-order valence-electron chi connectivity index (χ2n) is 9.75. The van der Waals surface area contributed by atoms with E-state index in [0.29, 0.717) is 0 Å². The molecule has 0 radical (unpaired) electrons. The molecule has 30 heavy (non-hydrogen) atoms. The fraction of sp³-hybridized carbons (Fsp3) is 0.793. The van der Waals surface area contributed by atoms with E-state index in [-0.39, 0.29) is 0 Å². The average molecular weight is 417 g/mol. The maximum absolute atomic E-state index is 10.6. The molecule has 0 heterocycles. The Balaban J connectivity index is 1.78. The molecule has 1 aromatic carbocycles. The predicted octanol–water partition coefficient (Wildman–Crippen LogP) is 9.72. The van der Waals surface area contributed by atoms with Crippen LogP contribution in [0, 0.1) is 0 Å². The first-order valence-corrected chi connectivity index (χ1v) is 13.4. The highest BCUT2D eigenvalue weighted by atomic mass is 16.3. The first-order valence-electron chi connectivity index (χ1n) is 13.4. The molecule has 1 nitrogen and oxygen atoms in total. The van der Waals surface area contributed by atoms with Crippen LogP contribution in [0.3, 0.4) is 0 Å². The Kier molecular flexibility index (Phi) is 17.2. The summed E-state index contributed by atoms with van der Waals surface area (Å²) in [6, 6.07) is 10.1. The third kappa shape index (κ3) is 15.1. The van der Waals surface area contributed by atoms with Crippen LogP contribution in [0.15, 0.2) is 30.3 Å². The molecule has 0 saturated carbocycles. The largest absolute Gasteiger partial charge is 0.385 e. The minimum atomic E-state index is -0.671. The van der Waals surface area contributed by atoms with Gasteiger partial charge in [-0.05, 0) is 18.9 Å². The van der Waals surface area contributed by atoms with E-state index in [1.165, 1.54) is 116 Å². The highest BCUT2D eigenvalue weighted by Gasteiger charge is 2.21. The topological polar surface area (TPSA) is 20.2 Å². The summed E-state index contributed by atoms with van der Waals surface area (Å²) in [5.41, 5.74) is 0.378. The zero-order valence-electron chi connectivity index (χ0n) is 20.5. The summed E-state index contributed by atoms with van der Waals surface area (Å²) in [7, 11) is 0. The van der Waals surface area contributed by atoms with E-state index >= 15 is 0 Å². The Labute approximate surface area is 189 Å². The fourth-order valence-corrected chi connectivity index (χ4v) is 4.49. The van der Waals surface area contributed by atoms with Gasteiger partial charge in [0.2, 0.25) is 0 Å². The lowest BCUT2D eigenvalue weighted by atomic mass is 9.90. The fourth-order valence-electron chi connectivity index (χ4n) is 4.49. The summed E-state index contributed by atoms with van der Waals surface area (Å²) in [6.07, 6.45) is 27.5. The monoisotopic (exact) mass is 416 g/mol. The molecule has 1 unspecified atom stereocenters. The van der Waals surface area contributed by atoms with Gasteiger partial charge < -0.3 is 5.11 Å². The predicted molar refractivity (Wildman–Crippen MR) is 134 cm³/mol. The lowest BCUT2D eigenvalue weighted by Gasteiger charge is -2.23. The van der Waals surface area contributed by atoms with E-state index in [4.69, 9.17) is 0 Å². The van der Waals surface area contributed by atoms with Gasteiger partial charge in [0.05, 0.1) is 5.60 Å². The van der Waals surface area contributed by atoms with Crippen molar-refractivity contribution in [3.05, 3.63) is 35.9 Å². The van der Waals surface area contributed by atoms with Gasteiger partial charge >= 0.3 is 0 Å². The number of unbranched alkanes of at least 4 members (excludes halogenated alkanes) is 18. The van der Waals surface area contributed by atoms with E-state index in [0.717, 1.165) is 18.4 Å². The minimum absolute atomic E-state index is 0.671. The first-order chi connectivity index (χ1) is 14.7. The van der Waals surface area contributed by atoms with Crippen LogP contribution in [0.1, 0.15) is 148 Å². The maximum atomic E-state index is 10.6. The minimum Gasteiger partial charge on any atom is -0.385 e. The van der Waals surface area contributed by atoms with Crippen LogP contribution in [0.2, 0.25) is 0 Å². The smallest absolute Gasteiger partial charge is 0.0868 e. The van der Waals surface area contributed by atoms with Crippen molar-refractivity contribution >= 4 is 0 Å². The number of benzene rings is 1. The van der Waals surface area contributed by atoms with Gasteiger partial charge in [0.25, 0.3) is 0 Å². The van der Waals surface area contributed by atoms with Crippen molar-refractivity contribution in [2.24, 2.45) is 0 Å². The molecule has 0 aliphatic rings. The average Bonchev–Trinajstić information content (AvgIpc) is 2.76. The SMILES string of the molecule is CCCCCCCCCCCCCCCCCCCCCC(C)(O)c1ccccc1. The number of hydrogen-bond donors (Lipinski definition) is 1. The lowest BCUT2D eigenvalue weighted by Crippen LogP contribution is -2.20. The van der Waals surface area contributed by atoms with Crippen molar-refractivity contribution in [3.8, 4) is 0 Å². The van der Waals surface area contributed by atoms with Crippen LogP contribution >= 0.6 is 0 Å². The molecule has 1 N–H and O–H groups in total. The number of rotatable bonds is 21. The van der Waals surface area contributed by atoms with Crippen LogP contribution in [-0.2, 0) is 5.60 Å². The molecule has 0 fully saturated rings. The molecule has 0 spiro atoms. The van der Waals surface area contributed by atoms with Gasteiger partial charge in [-0.2, -0.15) is 0 Å². The van der Waals surface area contributed by atoms with E-state index in [1.54, 1.807) is 0 Å². The molecule has 1 rings (SSSR count). The van der Waals surface area contributed by atoms with Gasteiger partial charge in [-0.25, -0.2) is 0 Å². The summed E-state index contributed by atoms with van der Waals surface area (Å²) < 4.78 is 0. The quantitative estimate of drug-likeness (QED) is 0.198. The molecule has 0 aliphatic carbocycles. The van der Waals surface area contributed by atoms with Crippen LogP contribution in [0.25, 0.3) is 0 Å². The maximum Gasteiger partial charge on any atom is 0.0868 e. The normalized spacial score (nSPS) is 13.4. The standard InChI is InChI=1S/C29H52O/c1-3-4-5-6-7-8-9-10-11-12-13-14-15-16-17-18-19-20-24-27-29(2,30)28-25-22-21-23-26-28/h21-23,25-26,30H,3-20,24,27H2,1-2H3. The highest BCUT2D eigenvalue weighted by Crippen LogP contribution is 2.27. The Morgan fingerprint density at radius 2 is 0.867 bits per heavy atom.